The van der Waals surface area contributed by atoms with Crippen LogP contribution >= 0.6 is 34.7 Å². The van der Waals surface area contributed by atoms with Crippen molar-refractivity contribution >= 4 is 45.7 Å². The summed E-state index contributed by atoms with van der Waals surface area (Å²) in [6, 6.07) is 7.39. The Morgan fingerprint density at radius 3 is 2.92 bits per heavy atom. The fourth-order valence-electron chi connectivity index (χ4n) is 2.16. The van der Waals surface area contributed by atoms with E-state index >= 15 is 0 Å². The summed E-state index contributed by atoms with van der Waals surface area (Å²) in [7, 11) is 0. The van der Waals surface area contributed by atoms with Gasteiger partial charge < -0.3 is 0 Å². The molecule has 0 spiro atoms. The Balaban J connectivity index is 1.73. The molecule has 26 heavy (non-hydrogen) atoms. The van der Waals surface area contributed by atoms with E-state index in [1.165, 1.54) is 23.1 Å². The number of hydrogen-bond donors (Lipinski definition) is 1. The highest BCUT2D eigenvalue weighted by Crippen LogP contribution is 2.26. The molecule has 134 valence electrons. The summed E-state index contributed by atoms with van der Waals surface area (Å²) < 4.78 is 1.89. The first kappa shape index (κ1) is 18.6. The van der Waals surface area contributed by atoms with Crippen molar-refractivity contribution in [1.82, 2.24) is 25.0 Å². The van der Waals surface area contributed by atoms with Gasteiger partial charge in [0.15, 0.2) is 11.0 Å². The molecule has 0 aliphatic rings. The SMILES string of the molecule is C=CCn1c(SCC(=O)Nc2nnc(C)s2)nnc1-c1cccc(Cl)c1. The number of carbonyl (C=O) groups is 1. The molecule has 0 unspecified atom stereocenters. The van der Waals surface area contributed by atoms with Crippen molar-refractivity contribution in [2.75, 3.05) is 11.1 Å². The van der Waals surface area contributed by atoms with Gasteiger partial charge in [0.2, 0.25) is 11.0 Å². The molecule has 0 aliphatic carbocycles. The molecule has 1 aromatic carbocycles. The molecule has 0 fully saturated rings. The molecule has 0 radical (unpaired) electrons. The van der Waals surface area contributed by atoms with E-state index < -0.39 is 0 Å². The minimum atomic E-state index is -0.177. The topological polar surface area (TPSA) is 85.6 Å². The summed E-state index contributed by atoms with van der Waals surface area (Å²) in [5, 5.41) is 21.4. The predicted molar refractivity (Wildman–Crippen MR) is 105 cm³/mol. The number of nitrogens with zero attached hydrogens (tertiary/aromatic N) is 5. The number of halogens is 1. The van der Waals surface area contributed by atoms with Gasteiger partial charge in [-0.15, -0.1) is 27.0 Å². The average Bonchev–Trinajstić information content (AvgIpc) is 3.20. The highest BCUT2D eigenvalue weighted by Gasteiger charge is 2.15. The number of allylic oxidation sites excluding steroid dienone is 1. The number of anilines is 1. The van der Waals surface area contributed by atoms with Gasteiger partial charge in [0.05, 0.1) is 5.75 Å². The molecule has 0 atom stereocenters. The first-order valence-electron chi connectivity index (χ1n) is 7.59. The van der Waals surface area contributed by atoms with Crippen LogP contribution in [0.25, 0.3) is 11.4 Å². The van der Waals surface area contributed by atoms with Crippen molar-refractivity contribution in [2.24, 2.45) is 0 Å². The number of aromatic nitrogens is 5. The first-order chi connectivity index (χ1) is 12.6. The van der Waals surface area contributed by atoms with Crippen molar-refractivity contribution in [1.29, 1.82) is 0 Å². The van der Waals surface area contributed by atoms with Crippen LogP contribution in [0.2, 0.25) is 5.02 Å². The van der Waals surface area contributed by atoms with Gasteiger partial charge in [0, 0.05) is 17.1 Å². The molecule has 7 nitrogen and oxygen atoms in total. The van der Waals surface area contributed by atoms with E-state index in [-0.39, 0.29) is 11.7 Å². The second kappa shape index (κ2) is 8.43. The number of amides is 1. The van der Waals surface area contributed by atoms with E-state index in [1.807, 2.05) is 29.7 Å². The van der Waals surface area contributed by atoms with Gasteiger partial charge in [0.25, 0.3) is 0 Å². The maximum atomic E-state index is 12.1. The van der Waals surface area contributed by atoms with Crippen molar-refractivity contribution < 1.29 is 4.79 Å². The van der Waals surface area contributed by atoms with Crippen molar-refractivity contribution in [3.8, 4) is 11.4 Å². The molecule has 2 aromatic heterocycles. The normalized spacial score (nSPS) is 10.7. The van der Waals surface area contributed by atoms with E-state index in [4.69, 9.17) is 11.6 Å². The molecule has 0 saturated heterocycles. The van der Waals surface area contributed by atoms with Crippen LogP contribution in [0.5, 0.6) is 0 Å². The van der Waals surface area contributed by atoms with E-state index in [9.17, 15) is 4.79 Å². The molecule has 3 rings (SSSR count). The van der Waals surface area contributed by atoms with E-state index in [0.717, 1.165) is 10.6 Å². The summed E-state index contributed by atoms with van der Waals surface area (Å²) in [4.78, 5) is 12.1. The lowest BCUT2D eigenvalue weighted by molar-refractivity contribution is -0.113. The lowest BCUT2D eigenvalue weighted by Crippen LogP contribution is -2.14. The smallest absolute Gasteiger partial charge is 0.236 e. The van der Waals surface area contributed by atoms with Crippen molar-refractivity contribution in [3.05, 3.63) is 47.0 Å². The van der Waals surface area contributed by atoms with E-state index in [1.54, 1.807) is 12.1 Å². The molecule has 1 N–H and O–H groups in total. The number of benzene rings is 1. The molecule has 0 saturated carbocycles. The number of aryl methyl sites for hydroxylation is 1. The van der Waals surface area contributed by atoms with Crippen molar-refractivity contribution in [3.63, 3.8) is 0 Å². The fraction of sp³-hybridized carbons (Fsp3) is 0.188. The third kappa shape index (κ3) is 4.48. The van der Waals surface area contributed by atoms with Gasteiger partial charge in [-0.05, 0) is 19.1 Å². The fourth-order valence-corrected chi connectivity index (χ4v) is 3.71. The number of nitrogens with one attached hydrogen (secondary N) is 1. The zero-order valence-electron chi connectivity index (χ0n) is 13.8. The third-order valence-electron chi connectivity index (χ3n) is 3.22. The highest BCUT2D eigenvalue weighted by molar-refractivity contribution is 7.99. The van der Waals surface area contributed by atoms with Crippen LogP contribution in [0.3, 0.4) is 0 Å². The van der Waals surface area contributed by atoms with Gasteiger partial charge >= 0.3 is 0 Å². The Bertz CT molecular complexity index is 938. The van der Waals surface area contributed by atoms with Crippen LogP contribution in [0.15, 0.2) is 42.1 Å². The van der Waals surface area contributed by atoms with Crippen LogP contribution in [-0.2, 0) is 11.3 Å². The van der Waals surface area contributed by atoms with Crippen molar-refractivity contribution in [2.45, 2.75) is 18.6 Å². The van der Waals surface area contributed by atoms with Crippen LogP contribution in [-0.4, -0.2) is 36.6 Å². The largest absolute Gasteiger partial charge is 0.300 e. The third-order valence-corrected chi connectivity index (χ3v) is 5.17. The number of thioether (sulfide) groups is 1. The summed E-state index contributed by atoms with van der Waals surface area (Å²) in [6.45, 7) is 6.13. The lowest BCUT2D eigenvalue weighted by atomic mass is 10.2. The highest BCUT2D eigenvalue weighted by atomic mass is 35.5. The van der Waals surface area contributed by atoms with Gasteiger partial charge in [-0.25, -0.2) is 0 Å². The minimum Gasteiger partial charge on any atom is -0.300 e. The quantitative estimate of drug-likeness (QED) is 0.476. The predicted octanol–water partition coefficient (Wildman–Crippen LogP) is 3.68. The number of rotatable bonds is 7. The summed E-state index contributed by atoms with van der Waals surface area (Å²) >= 11 is 8.69. The molecule has 2 heterocycles. The van der Waals surface area contributed by atoms with Crippen LogP contribution < -0.4 is 5.32 Å². The Hall–Kier alpha value is -2.23. The molecular weight excluding hydrogens is 392 g/mol. The zero-order valence-corrected chi connectivity index (χ0v) is 16.2. The maximum absolute atomic E-state index is 12.1. The zero-order chi connectivity index (χ0) is 18.5. The Labute approximate surface area is 163 Å². The monoisotopic (exact) mass is 406 g/mol. The summed E-state index contributed by atoms with van der Waals surface area (Å²) in [6.07, 6.45) is 1.76. The second-order valence-electron chi connectivity index (χ2n) is 5.18. The van der Waals surface area contributed by atoms with E-state index in [2.05, 4.69) is 32.3 Å². The van der Waals surface area contributed by atoms with Crippen LogP contribution in [0.1, 0.15) is 5.01 Å². The van der Waals surface area contributed by atoms with Gasteiger partial charge in [0.1, 0.15) is 5.01 Å². The molecule has 1 amide bonds. The second-order valence-corrected chi connectivity index (χ2v) is 7.74. The Kier molecular flexibility index (Phi) is 6.02. The standard InChI is InChI=1S/C16H15ClN6OS2/c1-3-7-23-14(11-5-4-6-12(17)8-11)20-22-16(23)25-9-13(24)18-15-21-19-10(2)26-15/h3-6,8H,1,7,9H2,2H3,(H,18,21,24). The molecule has 3 aromatic rings. The first-order valence-corrected chi connectivity index (χ1v) is 9.77. The number of carbonyl (C=O) groups excluding carboxylic acids is 1. The van der Waals surface area contributed by atoms with Gasteiger partial charge in [-0.3, -0.25) is 14.7 Å². The molecule has 0 aliphatic heterocycles. The van der Waals surface area contributed by atoms with Gasteiger partial charge in [-0.1, -0.05) is 52.9 Å². The molecular formula is C16H15ClN6OS2. The van der Waals surface area contributed by atoms with Gasteiger partial charge in [-0.2, -0.15) is 0 Å². The van der Waals surface area contributed by atoms with Crippen LogP contribution in [0, 0.1) is 6.92 Å². The molecule has 10 heteroatoms. The average molecular weight is 407 g/mol. The number of hydrogen-bond acceptors (Lipinski definition) is 7. The van der Waals surface area contributed by atoms with E-state index in [0.29, 0.717) is 27.7 Å². The minimum absolute atomic E-state index is 0.177. The van der Waals surface area contributed by atoms with Crippen LogP contribution in [0.4, 0.5) is 5.13 Å². The molecule has 0 bridgehead atoms. The summed E-state index contributed by atoms with van der Waals surface area (Å²) in [5.41, 5.74) is 0.854. The maximum Gasteiger partial charge on any atom is 0.236 e. The Morgan fingerprint density at radius 2 is 2.23 bits per heavy atom. The Morgan fingerprint density at radius 1 is 1.38 bits per heavy atom. The lowest BCUT2D eigenvalue weighted by Gasteiger charge is -2.08. The summed E-state index contributed by atoms with van der Waals surface area (Å²) in [5.74, 6) is 0.683.